The maximum Gasteiger partial charge on any atom is 0.313 e. The lowest BCUT2D eigenvalue weighted by Crippen LogP contribution is -2.27. The van der Waals surface area contributed by atoms with Crippen molar-refractivity contribution in [1.82, 2.24) is 19.5 Å². The smallest absolute Gasteiger partial charge is 0.313 e. The summed E-state index contributed by atoms with van der Waals surface area (Å²) in [6, 6.07) is 13.6. The van der Waals surface area contributed by atoms with Gasteiger partial charge in [0.25, 0.3) is 12.4 Å². The number of carbonyl (C=O) groups is 4. The number of aryl methyl sites for hydroxylation is 2. The van der Waals surface area contributed by atoms with Crippen molar-refractivity contribution in [3.63, 3.8) is 0 Å². The Morgan fingerprint density at radius 1 is 1.15 bits per heavy atom. The van der Waals surface area contributed by atoms with Crippen LogP contribution in [0.4, 0.5) is 11.5 Å². The molecular formula is C33H41N6O7P. The van der Waals surface area contributed by atoms with Crippen LogP contribution in [0.25, 0.3) is 5.52 Å². The monoisotopic (exact) mass is 664 g/mol. The summed E-state index contributed by atoms with van der Waals surface area (Å²) in [5.41, 5.74) is 11.0. The second-order valence-electron chi connectivity index (χ2n) is 10.7. The van der Waals surface area contributed by atoms with E-state index in [1.165, 1.54) is 30.3 Å². The third-order valence-corrected chi connectivity index (χ3v) is 7.56. The highest BCUT2D eigenvalue weighted by molar-refractivity contribution is 7.10. The molecule has 0 radical (unpaired) electrons. The standard InChI is InChI=1S/C22H27N5O.C10H11O5P.CH3NO/c1-5-10-26(4)22(28)18-12-27-20(15(18)3)21(23-13-24-27)25-19-11-17(16-8-9-16)7-6-14(19)2;11-6-13-7-14-10(12)5-8-1-3-9(15-16)4-2-8;2-1-3/h6-7,11-13,16H,5,8-10H2,1-4H3,(H,23,24,25);1-4,6H,5,7,16H2;1H,(H2,2,3). The number of nitrogens with two attached hydrogens (primary N) is 1. The number of hydrogen-bond donors (Lipinski definition) is 2. The van der Waals surface area contributed by atoms with E-state index in [4.69, 9.17) is 9.32 Å². The van der Waals surface area contributed by atoms with Gasteiger partial charge in [0, 0.05) is 25.5 Å². The van der Waals surface area contributed by atoms with Crippen molar-refractivity contribution in [1.29, 1.82) is 0 Å². The highest BCUT2D eigenvalue weighted by atomic mass is 31.0. The van der Waals surface area contributed by atoms with Gasteiger partial charge in [-0.3, -0.25) is 19.2 Å². The van der Waals surface area contributed by atoms with Gasteiger partial charge in [0.15, 0.2) is 5.82 Å². The Balaban J connectivity index is 0.000000269. The first-order valence-corrected chi connectivity index (χ1v) is 15.4. The average molecular weight is 665 g/mol. The van der Waals surface area contributed by atoms with E-state index in [1.54, 1.807) is 39.9 Å². The minimum Gasteiger partial charge on any atom is -0.480 e. The van der Waals surface area contributed by atoms with E-state index in [0.29, 0.717) is 17.2 Å². The first-order chi connectivity index (χ1) is 22.7. The molecule has 2 heterocycles. The minimum atomic E-state index is -0.457. The third kappa shape index (κ3) is 10.5. The normalized spacial score (nSPS) is 11.6. The van der Waals surface area contributed by atoms with Gasteiger partial charge in [-0.05, 0) is 79.5 Å². The Kier molecular flexibility index (Phi) is 14.1. The number of aromatic nitrogens is 3. The molecule has 2 aromatic carbocycles. The molecule has 1 aliphatic carbocycles. The molecule has 1 atom stereocenters. The van der Waals surface area contributed by atoms with Gasteiger partial charge in [0.05, 0.1) is 21.5 Å². The summed E-state index contributed by atoms with van der Waals surface area (Å²) < 4.78 is 15.5. The number of nitrogens with zero attached hydrogens (tertiary/aromatic N) is 4. The number of nitrogens with one attached hydrogen (secondary N) is 1. The number of esters is 1. The van der Waals surface area contributed by atoms with Crippen LogP contribution in [0.2, 0.25) is 0 Å². The molecule has 3 N–H and O–H groups in total. The minimum absolute atomic E-state index is 0.0164. The molecule has 13 nitrogen and oxygen atoms in total. The van der Waals surface area contributed by atoms with Crippen molar-refractivity contribution in [2.24, 2.45) is 5.73 Å². The van der Waals surface area contributed by atoms with E-state index >= 15 is 0 Å². The predicted molar refractivity (Wildman–Crippen MR) is 180 cm³/mol. The van der Waals surface area contributed by atoms with Crippen LogP contribution in [0.1, 0.15) is 64.7 Å². The van der Waals surface area contributed by atoms with Crippen LogP contribution < -0.4 is 15.6 Å². The Morgan fingerprint density at radius 3 is 2.47 bits per heavy atom. The Morgan fingerprint density at radius 2 is 1.85 bits per heavy atom. The highest BCUT2D eigenvalue weighted by Crippen LogP contribution is 2.41. The molecule has 0 bridgehead atoms. The summed E-state index contributed by atoms with van der Waals surface area (Å²) in [5.74, 6) is 1.66. The maximum absolute atomic E-state index is 12.8. The first-order valence-electron chi connectivity index (χ1n) is 14.9. The summed E-state index contributed by atoms with van der Waals surface area (Å²) in [5, 5.41) is 7.81. The molecule has 0 saturated heterocycles. The molecule has 2 aromatic heterocycles. The third-order valence-electron chi connectivity index (χ3n) is 7.29. The molecule has 0 spiro atoms. The number of ether oxygens (including phenoxy) is 2. The van der Waals surface area contributed by atoms with Gasteiger partial charge in [-0.25, -0.2) is 9.50 Å². The van der Waals surface area contributed by atoms with Gasteiger partial charge in [-0.15, -0.1) is 0 Å². The second kappa shape index (κ2) is 18.2. The van der Waals surface area contributed by atoms with Crippen LogP contribution in [0.15, 0.2) is 55.0 Å². The fourth-order valence-corrected chi connectivity index (χ4v) is 4.87. The topological polar surface area (TPSA) is 167 Å². The largest absolute Gasteiger partial charge is 0.480 e. The van der Waals surface area contributed by atoms with E-state index in [9.17, 15) is 14.4 Å². The lowest BCUT2D eigenvalue weighted by molar-refractivity contribution is -0.159. The molecular weight excluding hydrogens is 623 g/mol. The number of anilines is 2. The fraction of sp³-hybridized carbons (Fsp3) is 0.333. The molecule has 4 aromatic rings. The second-order valence-corrected chi connectivity index (χ2v) is 11.0. The van der Waals surface area contributed by atoms with Crippen molar-refractivity contribution in [2.75, 3.05) is 25.7 Å². The molecule has 1 saturated carbocycles. The summed E-state index contributed by atoms with van der Waals surface area (Å²) in [7, 11) is 3.97. The van der Waals surface area contributed by atoms with Crippen molar-refractivity contribution in [3.05, 3.63) is 82.8 Å². The van der Waals surface area contributed by atoms with Crippen molar-refractivity contribution < 1.29 is 33.2 Å². The quantitative estimate of drug-likeness (QED) is 0.0717. The summed E-state index contributed by atoms with van der Waals surface area (Å²) >= 11 is 0. The zero-order chi connectivity index (χ0) is 34.3. The first kappa shape index (κ1) is 36.4. The summed E-state index contributed by atoms with van der Waals surface area (Å²) in [6.07, 6.45) is 7.18. The molecule has 250 valence electrons. The lowest BCUT2D eigenvalue weighted by Gasteiger charge is -2.15. The van der Waals surface area contributed by atoms with E-state index in [-0.39, 0.29) is 32.0 Å². The van der Waals surface area contributed by atoms with Crippen molar-refractivity contribution in [2.45, 2.75) is 52.4 Å². The predicted octanol–water partition coefficient (Wildman–Crippen LogP) is 4.62. The number of amides is 2. The average Bonchev–Trinajstić information content (AvgIpc) is 3.86. The van der Waals surface area contributed by atoms with Gasteiger partial charge < -0.3 is 29.9 Å². The zero-order valence-electron chi connectivity index (χ0n) is 27.0. The molecule has 47 heavy (non-hydrogen) atoms. The zero-order valence-corrected chi connectivity index (χ0v) is 28.1. The van der Waals surface area contributed by atoms with E-state index in [2.05, 4.69) is 72.1 Å². The molecule has 14 heteroatoms. The van der Waals surface area contributed by atoms with Crippen LogP contribution in [0.3, 0.4) is 0 Å². The SMILES string of the molecule is CCCN(C)C(=O)c1cn2ncnc(Nc3cc(C4CC4)ccc3C)c2c1C.NC=O.O=COCOC(=O)Cc1ccc(OP)cc1. The van der Waals surface area contributed by atoms with Crippen LogP contribution in [0.5, 0.6) is 5.75 Å². The number of rotatable bonds is 12. The molecule has 0 aliphatic heterocycles. The number of primary amides is 1. The number of hydrogen-bond acceptors (Lipinski definition) is 10. The lowest BCUT2D eigenvalue weighted by atomic mass is 10.1. The number of carbonyl (C=O) groups excluding carboxylic acids is 4. The molecule has 1 aliphatic rings. The van der Waals surface area contributed by atoms with Crippen molar-refractivity contribution in [3.8, 4) is 5.75 Å². The van der Waals surface area contributed by atoms with Crippen LogP contribution in [-0.4, -0.2) is 64.6 Å². The van der Waals surface area contributed by atoms with Gasteiger partial charge in [0.1, 0.15) is 17.6 Å². The molecule has 1 unspecified atom stereocenters. The fourth-order valence-electron chi connectivity index (χ4n) is 4.71. The molecule has 5 rings (SSSR count). The van der Waals surface area contributed by atoms with E-state index in [1.807, 2.05) is 14.0 Å². The van der Waals surface area contributed by atoms with Gasteiger partial charge >= 0.3 is 5.97 Å². The summed E-state index contributed by atoms with van der Waals surface area (Å²) in [6.45, 7) is 6.72. The summed E-state index contributed by atoms with van der Waals surface area (Å²) in [4.78, 5) is 48.6. The van der Waals surface area contributed by atoms with Crippen LogP contribution in [0, 0.1) is 13.8 Å². The Bertz CT molecular complexity index is 1660. The van der Waals surface area contributed by atoms with Gasteiger partial charge in [0.2, 0.25) is 13.2 Å². The Hall–Kier alpha value is -5.03. The van der Waals surface area contributed by atoms with E-state index in [0.717, 1.165) is 41.1 Å². The number of benzene rings is 2. The van der Waals surface area contributed by atoms with Crippen LogP contribution >= 0.6 is 9.47 Å². The molecule has 1 fully saturated rings. The van der Waals surface area contributed by atoms with Gasteiger partial charge in [-0.2, -0.15) is 5.10 Å². The van der Waals surface area contributed by atoms with E-state index < -0.39 is 5.97 Å². The Labute approximate surface area is 276 Å². The number of fused-ring (bicyclic) bond motifs is 1. The van der Waals surface area contributed by atoms with Gasteiger partial charge in [-0.1, -0.05) is 31.2 Å². The highest BCUT2D eigenvalue weighted by Gasteiger charge is 2.24. The maximum atomic E-state index is 12.8. The molecule has 2 amide bonds. The van der Waals surface area contributed by atoms with Crippen molar-refractivity contribution >= 4 is 51.2 Å². The van der Waals surface area contributed by atoms with Crippen LogP contribution in [-0.2, 0) is 30.3 Å².